The largest absolute Gasteiger partial charge is 0.448 e. The van der Waals surface area contributed by atoms with Crippen molar-refractivity contribution in [1.82, 2.24) is 9.78 Å². The molecule has 2 aromatic rings. The zero-order valence-corrected chi connectivity index (χ0v) is 9.50. The number of aryl methyl sites for hydroxylation is 1. The number of hydrogen-bond acceptors (Lipinski definition) is 3. The van der Waals surface area contributed by atoms with Crippen molar-refractivity contribution >= 4 is 21.7 Å². The van der Waals surface area contributed by atoms with E-state index in [4.69, 9.17) is 10.2 Å². The summed E-state index contributed by atoms with van der Waals surface area (Å²) >= 11 is 3.25. The molecule has 0 saturated carbocycles. The van der Waals surface area contributed by atoms with Crippen LogP contribution in [0.1, 0.15) is 5.56 Å². The first-order valence-corrected chi connectivity index (χ1v) is 4.93. The van der Waals surface area contributed by atoms with Crippen LogP contribution in [0.3, 0.4) is 0 Å². The Kier molecular flexibility index (Phi) is 2.11. The molecule has 2 rings (SSSR count). The fourth-order valence-corrected chi connectivity index (χ4v) is 1.63. The number of rotatable bonds is 1. The smallest absolute Gasteiger partial charge is 0.169 e. The fraction of sp³-hybridized carbons (Fsp3) is 0.222. The minimum absolute atomic E-state index is 0.660. The Morgan fingerprint density at radius 3 is 2.64 bits per heavy atom. The first kappa shape index (κ1) is 9.33. The maximum atomic E-state index is 5.79. The standard InChI is InChI=1S/C9H10BrN3O/c1-5-8(12-13(2)9(5)11)6-3-4-7(10)14-6/h3-4H,11H2,1-2H3. The maximum absolute atomic E-state index is 5.79. The zero-order chi connectivity index (χ0) is 10.3. The molecule has 4 nitrogen and oxygen atoms in total. The lowest BCUT2D eigenvalue weighted by Gasteiger charge is -1.92. The van der Waals surface area contributed by atoms with Gasteiger partial charge in [-0.15, -0.1) is 0 Å². The van der Waals surface area contributed by atoms with Crippen LogP contribution in [0.4, 0.5) is 5.82 Å². The second kappa shape index (κ2) is 3.16. The van der Waals surface area contributed by atoms with E-state index >= 15 is 0 Å². The van der Waals surface area contributed by atoms with Crippen molar-refractivity contribution in [2.45, 2.75) is 6.92 Å². The summed E-state index contributed by atoms with van der Waals surface area (Å²) in [4.78, 5) is 0. The lowest BCUT2D eigenvalue weighted by atomic mass is 10.2. The summed E-state index contributed by atoms with van der Waals surface area (Å²) < 4.78 is 7.73. The van der Waals surface area contributed by atoms with E-state index in [9.17, 15) is 0 Å². The molecule has 5 heteroatoms. The van der Waals surface area contributed by atoms with E-state index in [1.54, 1.807) is 4.68 Å². The molecule has 0 unspecified atom stereocenters. The summed E-state index contributed by atoms with van der Waals surface area (Å²) in [6.07, 6.45) is 0. The summed E-state index contributed by atoms with van der Waals surface area (Å²) in [6, 6.07) is 3.69. The van der Waals surface area contributed by atoms with Gasteiger partial charge in [0.25, 0.3) is 0 Å². The molecule has 0 aliphatic heterocycles. The minimum Gasteiger partial charge on any atom is -0.448 e. The molecule has 0 spiro atoms. The van der Waals surface area contributed by atoms with Crippen LogP contribution >= 0.6 is 15.9 Å². The van der Waals surface area contributed by atoms with Gasteiger partial charge in [0.15, 0.2) is 10.4 Å². The summed E-state index contributed by atoms with van der Waals surface area (Å²) in [5, 5.41) is 4.27. The lowest BCUT2D eigenvalue weighted by molar-refractivity contribution is 0.552. The van der Waals surface area contributed by atoms with E-state index in [-0.39, 0.29) is 0 Å². The van der Waals surface area contributed by atoms with Gasteiger partial charge in [-0.3, -0.25) is 4.68 Å². The highest BCUT2D eigenvalue weighted by atomic mass is 79.9. The Morgan fingerprint density at radius 1 is 1.50 bits per heavy atom. The van der Waals surface area contributed by atoms with Crippen molar-refractivity contribution < 1.29 is 4.42 Å². The summed E-state index contributed by atoms with van der Waals surface area (Å²) in [5.41, 5.74) is 7.52. The minimum atomic E-state index is 0.660. The molecule has 74 valence electrons. The van der Waals surface area contributed by atoms with Crippen molar-refractivity contribution in [2.24, 2.45) is 7.05 Å². The van der Waals surface area contributed by atoms with Gasteiger partial charge in [-0.1, -0.05) is 0 Å². The Balaban J connectivity index is 2.57. The van der Waals surface area contributed by atoms with Crippen LogP contribution < -0.4 is 5.73 Å². The van der Waals surface area contributed by atoms with Crippen molar-refractivity contribution in [3.8, 4) is 11.5 Å². The number of halogens is 1. The number of nitrogens with zero attached hydrogens (tertiary/aromatic N) is 2. The molecule has 2 N–H and O–H groups in total. The first-order chi connectivity index (χ1) is 6.59. The number of hydrogen-bond donors (Lipinski definition) is 1. The van der Waals surface area contributed by atoms with Crippen LogP contribution in [0.5, 0.6) is 0 Å². The number of aromatic nitrogens is 2. The second-order valence-electron chi connectivity index (χ2n) is 3.09. The Morgan fingerprint density at radius 2 is 2.21 bits per heavy atom. The summed E-state index contributed by atoms with van der Waals surface area (Å²) in [6.45, 7) is 1.92. The average molecular weight is 256 g/mol. The van der Waals surface area contributed by atoms with E-state index in [0.29, 0.717) is 10.5 Å². The maximum Gasteiger partial charge on any atom is 0.169 e. The summed E-state index contributed by atoms with van der Waals surface area (Å²) in [5.74, 6) is 1.38. The average Bonchev–Trinajstić information content (AvgIpc) is 2.66. The molecule has 0 aromatic carbocycles. The van der Waals surface area contributed by atoms with E-state index in [2.05, 4.69) is 21.0 Å². The number of nitrogen functional groups attached to an aromatic ring is 1. The van der Waals surface area contributed by atoms with Crippen LogP contribution in [0.15, 0.2) is 21.2 Å². The zero-order valence-electron chi connectivity index (χ0n) is 7.91. The highest BCUT2D eigenvalue weighted by Crippen LogP contribution is 2.28. The van der Waals surface area contributed by atoms with Gasteiger partial charge >= 0.3 is 0 Å². The van der Waals surface area contributed by atoms with Crippen LogP contribution in [-0.4, -0.2) is 9.78 Å². The van der Waals surface area contributed by atoms with Gasteiger partial charge in [0, 0.05) is 12.6 Å². The Hall–Kier alpha value is -1.23. The normalized spacial score (nSPS) is 10.8. The predicted octanol–water partition coefficient (Wildman–Crippen LogP) is 2.33. The molecule has 0 radical (unpaired) electrons. The fourth-order valence-electron chi connectivity index (χ4n) is 1.32. The molecule has 0 bridgehead atoms. The lowest BCUT2D eigenvalue weighted by Crippen LogP contribution is -1.97. The van der Waals surface area contributed by atoms with Gasteiger partial charge < -0.3 is 10.2 Å². The Bertz CT molecular complexity index is 472. The van der Waals surface area contributed by atoms with E-state index in [1.807, 2.05) is 26.1 Å². The Labute approximate surface area is 89.8 Å². The predicted molar refractivity (Wildman–Crippen MR) is 57.8 cm³/mol. The molecule has 0 aliphatic carbocycles. The molecule has 0 saturated heterocycles. The molecule has 0 fully saturated rings. The third-order valence-electron chi connectivity index (χ3n) is 2.14. The van der Waals surface area contributed by atoms with Crippen molar-refractivity contribution in [3.63, 3.8) is 0 Å². The number of furan rings is 1. The molecular weight excluding hydrogens is 246 g/mol. The second-order valence-corrected chi connectivity index (χ2v) is 3.87. The monoisotopic (exact) mass is 255 g/mol. The van der Waals surface area contributed by atoms with Crippen molar-refractivity contribution in [3.05, 3.63) is 22.4 Å². The van der Waals surface area contributed by atoms with Gasteiger partial charge in [-0.2, -0.15) is 5.10 Å². The molecule has 2 heterocycles. The highest BCUT2D eigenvalue weighted by Gasteiger charge is 2.14. The van der Waals surface area contributed by atoms with E-state index in [1.165, 1.54) is 0 Å². The van der Waals surface area contributed by atoms with Gasteiger partial charge in [-0.25, -0.2) is 0 Å². The van der Waals surface area contributed by atoms with E-state index < -0.39 is 0 Å². The van der Waals surface area contributed by atoms with Gasteiger partial charge in [0.1, 0.15) is 11.5 Å². The van der Waals surface area contributed by atoms with Crippen LogP contribution in [0.2, 0.25) is 0 Å². The quantitative estimate of drug-likeness (QED) is 0.851. The molecule has 0 aliphatic rings. The van der Waals surface area contributed by atoms with Crippen LogP contribution in [0, 0.1) is 6.92 Å². The number of anilines is 1. The third-order valence-corrected chi connectivity index (χ3v) is 2.57. The van der Waals surface area contributed by atoms with E-state index in [0.717, 1.165) is 17.0 Å². The molecule has 0 atom stereocenters. The molecule has 14 heavy (non-hydrogen) atoms. The van der Waals surface area contributed by atoms with Gasteiger partial charge in [0.05, 0.1) is 0 Å². The van der Waals surface area contributed by atoms with Crippen molar-refractivity contribution in [2.75, 3.05) is 5.73 Å². The van der Waals surface area contributed by atoms with Crippen LogP contribution in [0.25, 0.3) is 11.5 Å². The topological polar surface area (TPSA) is 57.0 Å². The molecular formula is C9H10BrN3O. The summed E-state index contributed by atoms with van der Waals surface area (Å²) in [7, 11) is 1.81. The highest BCUT2D eigenvalue weighted by molar-refractivity contribution is 9.10. The third kappa shape index (κ3) is 1.33. The SMILES string of the molecule is Cc1c(-c2ccc(Br)o2)nn(C)c1N. The molecule has 2 aromatic heterocycles. The molecule has 0 amide bonds. The first-order valence-electron chi connectivity index (χ1n) is 4.14. The van der Waals surface area contributed by atoms with Crippen molar-refractivity contribution in [1.29, 1.82) is 0 Å². The van der Waals surface area contributed by atoms with Crippen LogP contribution in [-0.2, 0) is 7.05 Å². The number of nitrogens with two attached hydrogens (primary N) is 1. The van der Waals surface area contributed by atoms with Gasteiger partial charge in [0.2, 0.25) is 0 Å². The van der Waals surface area contributed by atoms with Gasteiger partial charge in [-0.05, 0) is 35.0 Å².